The third-order valence-electron chi connectivity index (χ3n) is 4.23. The lowest BCUT2D eigenvalue weighted by molar-refractivity contribution is 0.0923. The maximum absolute atomic E-state index is 12.8. The standard InChI is InChI=1S/C17H12ClNO2/c18-11-5-6-14-15(8-11)19-12(9-16(14)20)7-10-3-1-2-4-13(10)17(19)21/h1-6,8,12H,7,9H2. The van der Waals surface area contributed by atoms with E-state index in [9.17, 15) is 9.59 Å². The summed E-state index contributed by atoms with van der Waals surface area (Å²) in [5, 5.41) is 0.536. The average Bonchev–Trinajstić information content (AvgIpc) is 2.47. The van der Waals surface area contributed by atoms with Gasteiger partial charge in [0, 0.05) is 28.6 Å². The molecule has 104 valence electrons. The van der Waals surface area contributed by atoms with Gasteiger partial charge in [-0.05, 0) is 36.2 Å². The quantitative estimate of drug-likeness (QED) is 0.746. The number of carbonyl (C=O) groups excluding carboxylic acids is 2. The molecular formula is C17H12ClNO2. The predicted octanol–water partition coefficient (Wildman–Crippen LogP) is 3.50. The number of Topliss-reactive ketones (excluding diaryl/α,β-unsaturated/α-hetero) is 1. The first-order chi connectivity index (χ1) is 10.1. The van der Waals surface area contributed by atoms with Crippen molar-refractivity contribution in [3.63, 3.8) is 0 Å². The molecule has 0 spiro atoms. The molecule has 2 heterocycles. The fraction of sp³-hybridized carbons (Fsp3) is 0.176. The Labute approximate surface area is 127 Å². The molecule has 1 amide bonds. The number of anilines is 1. The number of hydrogen-bond acceptors (Lipinski definition) is 2. The average molecular weight is 298 g/mol. The minimum Gasteiger partial charge on any atom is -0.304 e. The van der Waals surface area contributed by atoms with Crippen LogP contribution >= 0.6 is 11.6 Å². The zero-order chi connectivity index (χ0) is 14.6. The summed E-state index contributed by atoms with van der Waals surface area (Å²) < 4.78 is 0. The van der Waals surface area contributed by atoms with E-state index in [1.54, 1.807) is 23.1 Å². The van der Waals surface area contributed by atoms with E-state index >= 15 is 0 Å². The van der Waals surface area contributed by atoms with Gasteiger partial charge in [0.25, 0.3) is 5.91 Å². The lowest BCUT2D eigenvalue weighted by Gasteiger charge is -2.40. The third kappa shape index (κ3) is 1.81. The number of hydrogen-bond donors (Lipinski definition) is 0. The molecule has 0 radical (unpaired) electrons. The molecule has 1 unspecified atom stereocenters. The van der Waals surface area contributed by atoms with Crippen molar-refractivity contribution in [1.82, 2.24) is 0 Å². The molecule has 1 atom stereocenters. The maximum Gasteiger partial charge on any atom is 0.258 e. The molecule has 4 heteroatoms. The van der Waals surface area contributed by atoms with E-state index in [2.05, 4.69) is 0 Å². The minimum atomic E-state index is -0.106. The largest absolute Gasteiger partial charge is 0.304 e. The minimum absolute atomic E-state index is 0.0436. The summed E-state index contributed by atoms with van der Waals surface area (Å²) in [6.45, 7) is 0. The van der Waals surface area contributed by atoms with Crippen LogP contribution in [0.4, 0.5) is 5.69 Å². The zero-order valence-corrected chi connectivity index (χ0v) is 11.9. The third-order valence-corrected chi connectivity index (χ3v) is 4.46. The Hall–Kier alpha value is -2.13. The molecule has 0 saturated heterocycles. The molecule has 0 N–H and O–H groups in total. The van der Waals surface area contributed by atoms with E-state index in [1.165, 1.54) is 0 Å². The first-order valence-electron chi connectivity index (χ1n) is 6.89. The Kier molecular flexibility index (Phi) is 2.66. The summed E-state index contributed by atoms with van der Waals surface area (Å²) in [5.41, 5.74) is 2.96. The number of amides is 1. The molecule has 2 aromatic carbocycles. The van der Waals surface area contributed by atoms with Crippen LogP contribution < -0.4 is 4.90 Å². The fourth-order valence-corrected chi connectivity index (χ4v) is 3.45. The van der Waals surface area contributed by atoms with Gasteiger partial charge in [-0.2, -0.15) is 0 Å². The first kappa shape index (κ1) is 12.6. The highest BCUT2D eigenvalue weighted by molar-refractivity contribution is 6.31. The molecular weight excluding hydrogens is 286 g/mol. The van der Waals surface area contributed by atoms with Gasteiger partial charge in [0.1, 0.15) is 0 Å². The topological polar surface area (TPSA) is 37.4 Å². The zero-order valence-electron chi connectivity index (χ0n) is 11.2. The van der Waals surface area contributed by atoms with E-state index in [0.717, 1.165) is 5.56 Å². The summed E-state index contributed by atoms with van der Waals surface area (Å²) >= 11 is 6.05. The van der Waals surface area contributed by atoms with Crippen molar-refractivity contribution in [2.75, 3.05) is 4.90 Å². The Morgan fingerprint density at radius 2 is 1.81 bits per heavy atom. The molecule has 0 aliphatic carbocycles. The van der Waals surface area contributed by atoms with Gasteiger partial charge in [-0.3, -0.25) is 9.59 Å². The van der Waals surface area contributed by atoms with E-state index in [0.29, 0.717) is 34.7 Å². The van der Waals surface area contributed by atoms with Crippen molar-refractivity contribution < 1.29 is 9.59 Å². The van der Waals surface area contributed by atoms with Crippen molar-refractivity contribution in [2.45, 2.75) is 18.9 Å². The van der Waals surface area contributed by atoms with Gasteiger partial charge in [-0.15, -0.1) is 0 Å². The van der Waals surface area contributed by atoms with Gasteiger partial charge < -0.3 is 4.90 Å². The number of fused-ring (bicyclic) bond motifs is 4. The van der Waals surface area contributed by atoms with Crippen LogP contribution in [0.2, 0.25) is 5.02 Å². The molecule has 0 saturated carbocycles. The van der Waals surface area contributed by atoms with Gasteiger partial charge in [-0.1, -0.05) is 29.8 Å². The van der Waals surface area contributed by atoms with Crippen molar-refractivity contribution in [2.24, 2.45) is 0 Å². The lowest BCUT2D eigenvalue weighted by atomic mass is 9.85. The van der Waals surface area contributed by atoms with Crippen LogP contribution in [-0.4, -0.2) is 17.7 Å². The molecule has 2 aromatic rings. The molecule has 2 aliphatic rings. The van der Waals surface area contributed by atoms with Crippen LogP contribution in [0.5, 0.6) is 0 Å². The van der Waals surface area contributed by atoms with Crippen molar-refractivity contribution in [1.29, 1.82) is 0 Å². The summed E-state index contributed by atoms with van der Waals surface area (Å²) in [4.78, 5) is 26.8. The summed E-state index contributed by atoms with van der Waals surface area (Å²) in [5.74, 6) is 0.0352. The SMILES string of the molecule is O=C1CC2Cc3ccccc3C(=O)N2c2cc(Cl)ccc21. The second-order valence-corrected chi connectivity index (χ2v) is 5.92. The normalized spacial score (nSPS) is 19.9. The first-order valence-corrected chi connectivity index (χ1v) is 7.27. The highest BCUT2D eigenvalue weighted by Crippen LogP contribution is 2.38. The van der Waals surface area contributed by atoms with Crippen LogP contribution in [0.25, 0.3) is 0 Å². The van der Waals surface area contributed by atoms with Gasteiger partial charge in [0.15, 0.2) is 5.78 Å². The van der Waals surface area contributed by atoms with E-state index in [4.69, 9.17) is 11.6 Å². The van der Waals surface area contributed by atoms with Crippen molar-refractivity contribution in [3.05, 3.63) is 64.2 Å². The van der Waals surface area contributed by atoms with Gasteiger partial charge in [0.2, 0.25) is 0 Å². The molecule has 3 nitrogen and oxygen atoms in total. The maximum atomic E-state index is 12.8. The monoisotopic (exact) mass is 297 g/mol. The fourth-order valence-electron chi connectivity index (χ4n) is 3.28. The van der Waals surface area contributed by atoms with Crippen LogP contribution in [0.3, 0.4) is 0 Å². The molecule has 4 rings (SSSR count). The Morgan fingerprint density at radius 3 is 2.67 bits per heavy atom. The Balaban J connectivity index is 1.91. The predicted molar refractivity (Wildman–Crippen MR) is 81.1 cm³/mol. The van der Waals surface area contributed by atoms with E-state index < -0.39 is 0 Å². The van der Waals surface area contributed by atoms with Crippen molar-refractivity contribution >= 4 is 29.0 Å². The number of benzene rings is 2. The van der Waals surface area contributed by atoms with Gasteiger partial charge >= 0.3 is 0 Å². The highest BCUT2D eigenvalue weighted by Gasteiger charge is 2.39. The lowest BCUT2D eigenvalue weighted by Crippen LogP contribution is -2.50. The van der Waals surface area contributed by atoms with Crippen molar-refractivity contribution in [3.8, 4) is 0 Å². The van der Waals surface area contributed by atoms with Crippen LogP contribution in [0.1, 0.15) is 32.7 Å². The van der Waals surface area contributed by atoms with Gasteiger partial charge in [0.05, 0.1) is 5.69 Å². The summed E-state index contributed by atoms with van der Waals surface area (Å²) in [6, 6.07) is 12.6. The Bertz CT molecular complexity index is 784. The highest BCUT2D eigenvalue weighted by atomic mass is 35.5. The van der Waals surface area contributed by atoms with Crippen LogP contribution in [0, 0.1) is 0 Å². The molecule has 21 heavy (non-hydrogen) atoms. The number of rotatable bonds is 0. The molecule has 0 fully saturated rings. The number of halogens is 1. The molecule has 0 aromatic heterocycles. The second kappa shape index (κ2) is 4.43. The van der Waals surface area contributed by atoms with Crippen LogP contribution in [-0.2, 0) is 6.42 Å². The molecule has 2 aliphatic heterocycles. The van der Waals surface area contributed by atoms with E-state index in [-0.39, 0.29) is 17.7 Å². The Morgan fingerprint density at radius 1 is 1.00 bits per heavy atom. The van der Waals surface area contributed by atoms with Crippen LogP contribution in [0.15, 0.2) is 42.5 Å². The summed E-state index contributed by atoms with van der Waals surface area (Å²) in [6.07, 6.45) is 1.08. The number of carbonyl (C=O) groups is 2. The number of ketones is 1. The van der Waals surface area contributed by atoms with E-state index in [1.807, 2.05) is 24.3 Å². The van der Waals surface area contributed by atoms with Gasteiger partial charge in [-0.25, -0.2) is 0 Å². The summed E-state index contributed by atoms with van der Waals surface area (Å²) in [7, 11) is 0. The number of nitrogens with zero attached hydrogens (tertiary/aromatic N) is 1. The smallest absolute Gasteiger partial charge is 0.258 e. The second-order valence-electron chi connectivity index (χ2n) is 5.48. The molecule has 0 bridgehead atoms.